The van der Waals surface area contributed by atoms with Crippen molar-refractivity contribution >= 4 is 0 Å². The molecule has 0 bridgehead atoms. The van der Waals surface area contributed by atoms with Crippen molar-refractivity contribution in [2.45, 2.75) is 12.7 Å². The predicted octanol–water partition coefficient (Wildman–Crippen LogP) is 2.97. The van der Waals surface area contributed by atoms with Gasteiger partial charge in [-0.3, -0.25) is 4.79 Å². The molecule has 1 aromatic carbocycles. The zero-order valence-corrected chi connectivity index (χ0v) is 11.6. The van der Waals surface area contributed by atoms with Crippen molar-refractivity contribution < 1.29 is 17.6 Å². The first kappa shape index (κ1) is 15.0. The van der Waals surface area contributed by atoms with Gasteiger partial charge < -0.3 is 8.98 Å². The van der Waals surface area contributed by atoms with Gasteiger partial charge in [0.15, 0.2) is 0 Å². The highest BCUT2D eigenvalue weighted by Crippen LogP contribution is 2.26. The van der Waals surface area contributed by atoms with Crippen LogP contribution < -0.4 is 5.56 Å². The van der Waals surface area contributed by atoms with Gasteiger partial charge in [-0.1, -0.05) is 18.2 Å². The highest BCUT2D eigenvalue weighted by molar-refractivity contribution is 5.51. The zero-order valence-electron chi connectivity index (χ0n) is 11.6. The number of halogens is 3. The Morgan fingerprint density at radius 3 is 2.48 bits per heavy atom. The maximum absolute atomic E-state index is 12.7. The Hall–Kier alpha value is -2.90. The number of rotatable bonds is 3. The minimum absolute atomic E-state index is 0.0466. The van der Waals surface area contributed by atoms with E-state index in [0.29, 0.717) is 5.56 Å². The lowest BCUT2D eigenvalue weighted by Crippen LogP contribution is -2.28. The highest BCUT2D eigenvalue weighted by atomic mass is 19.4. The van der Waals surface area contributed by atoms with E-state index in [-0.39, 0.29) is 18.3 Å². The second-order valence-corrected chi connectivity index (χ2v) is 4.72. The normalized spacial score (nSPS) is 11.6. The lowest BCUT2D eigenvalue weighted by Gasteiger charge is -2.08. The SMILES string of the molecule is O=c1c(C(F)(F)F)cccn1Cc1nnc(-c2ccccc2)o1. The van der Waals surface area contributed by atoms with Crippen molar-refractivity contribution in [3.8, 4) is 11.5 Å². The van der Waals surface area contributed by atoms with E-state index >= 15 is 0 Å². The van der Waals surface area contributed by atoms with E-state index in [1.54, 1.807) is 24.3 Å². The molecule has 3 rings (SSSR count). The molecule has 0 atom stereocenters. The number of nitrogens with zero attached hydrogens (tertiary/aromatic N) is 3. The summed E-state index contributed by atoms with van der Waals surface area (Å²) in [6.07, 6.45) is -3.46. The van der Waals surface area contributed by atoms with E-state index < -0.39 is 17.3 Å². The molecule has 0 amide bonds. The van der Waals surface area contributed by atoms with Crippen LogP contribution in [-0.4, -0.2) is 14.8 Å². The molecule has 0 aliphatic heterocycles. The average Bonchev–Trinajstić information content (AvgIpc) is 2.98. The number of hydrogen-bond acceptors (Lipinski definition) is 4. The molecule has 0 fully saturated rings. The van der Waals surface area contributed by atoms with Crippen LogP contribution in [0.4, 0.5) is 13.2 Å². The molecule has 0 radical (unpaired) electrons. The fraction of sp³-hybridized carbons (Fsp3) is 0.133. The number of benzene rings is 1. The second-order valence-electron chi connectivity index (χ2n) is 4.72. The Balaban J connectivity index is 1.89. The number of aromatic nitrogens is 3. The molecular formula is C15H10F3N3O2. The van der Waals surface area contributed by atoms with Crippen molar-refractivity contribution in [3.05, 3.63) is 70.5 Å². The van der Waals surface area contributed by atoms with Gasteiger partial charge >= 0.3 is 6.18 Å². The number of hydrogen-bond donors (Lipinski definition) is 0. The first-order chi connectivity index (χ1) is 10.9. The number of pyridine rings is 1. The second kappa shape index (κ2) is 5.71. The number of alkyl halides is 3. The molecule has 2 aromatic heterocycles. The topological polar surface area (TPSA) is 60.9 Å². The Labute approximate surface area is 128 Å². The molecule has 0 saturated carbocycles. The van der Waals surface area contributed by atoms with E-state index in [1.807, 2.05) is 6.07 Å². The van der Waals surface area contributed by atoms with Gasteiger partial charge in [0.2, 0.25) is 11.8 Å². The summed E-state index contributed by atoms with van der Waals surface area (Å²) in [7, 11) is 0. The summed E-state index contributed by atoms with van der Waals surface area (Å²) in [5, 5.41) is 7.59. The summed E-state index contributed by atoms with van der Waals surface area (Å²) in [6, 6.07) is 10.8. The van der Waals surface area contributed by atoms with Crippen LogP contribution in [0.15, 0.2) is 57.9 Å². The molecule has 5 nitrogen and oxygen atoms in total. The third kappa shape index (κ3) is 3.15. The van der Waals surface area contributed by atoms with Gasteiger partial charge in [0.25, 0.3) is 5.56 Å². The van der Waals surface area contributed by atoms with Crippen LogP contribution in [0, 0.1) is 0 Å². The van der Waals surface area contributed by atoms with E-state index in [9.17, 15) is 18.0 Å². The molecule has 0 spiro atoms. The summed E-state index contributed by atoms with van der Waals surface area (Å²) in [4.78, 5) is 11.8. The molecule has 0 aliphatic rings. The van der Waals surface area contributed by atoms with Crippen LogP contribution in [0.1, 0.15) is 11.5 Å². The van der Waals surface area contributed by atoms with Crippen LogP contribution in [0.5, 0.6) is 0 Å². The average molecular weight is 321 g/mol. The molecule has 0 unspecified atom stereocenters. The molecule has 118 valence electrons. The van der Waals surface area contributed by atoms with Crippen LogP contribution in [0.3, 0.4) is 0 Å². The summed E-state index contributed by atoms with van der Waals surface area (Å²) in [5.41, 5.74) is -1.70. The van der Waals surface area contributed by atoms with Gasteiger partial charge in [0, 0.05) is 11.8 Å². The van der Waals surface area contributed by atoms with E-state index in [4.69, 9.17) is 4.42 Å². The molecular weight excluding hydrogens is 311 g/mol. The van der Waals surface area contributed by atoms with Crippen LogP contribution >= 0.6 is 0 Å². The van der Waals surface area contributed by atoms with Crippen LogP contribution in [-0.2, 0) is 12.7 Å². The molecule has 23 heavy (non-hydrogen) atoms. The summed E-state index contributed by atoms with van der Waals surface area (Å²) >= 11 is 0. The van der Waals surface area contributed by atoms with Crippen molar-refractivity contribution in [1.82, 2.24) is 14.8 Å². The van der Waals surface area contributed by atoms with E-state index in [1.165, 1.54) is 6.20 Å². The first-order valence-electron chi connectivity index (χ1n) is 6.59. The van der Waals surface area contributed by atoms with Gasteiger partial charge in [-0.05, 0) is 24.3 Å². The standard InChI is InChI=1S/C15H10F3N3O2/c16-15(17,18)11-7-4-8-21(14(11)22)9-12-19-20-13(23-12)10-5-2-1-3-6-10/h1-8H,9H2. The summed E-state index contributed by atoms with van der Waals surface area (Å²) in [5.74, 6) is 0.283. The van der Waals surface area contributed by atoms with Crippen molar-refractivity contribution in [2.24, 2.45) is 0 Å². The lowest BCUT2D eigenvalue weighted by atomic mass is 10.2. The van der Waals surface area contributed by atoms with Gasteiger partial charge in [-0.25, -0.2) is 0 Å². The smallest absolute Gasteiger partial charge is 0.419 e. The largest absolute Gasteiger partial charge is 0.421 e. The summed E-state index contributed by atoms with van der Waals surface area (Å²) < 4.78 is 44.5. The quantitative estimate of drug-likeness (QED) is 0.744. The van der Waals surface area contributed by atoms with Crippen molar-refractivity contribution in [1.29, 1.82) is 0 Å². The van der Waals surface area contributed by atoms with Crippen molar-refractivity contribution in [2.75, 3.05) is 0 Å². The van der Waals surface area contributed by atoms with Gasteiger partial charge in [0.1, 0.15) is 12.1 Å². The Kier molecular flexibility index (Phi) is 3.73. The molecule has 0 saturated heterocycles. The first-order valence-corrected chi connectivity index (χ1v) is 6.59. The molecule has 0 aliphatic carbocycles. The third-order valence-electron chi connectivity index (χ3n) is 3.12. The minimum Gasteiger partial charge on any atom is -0.419 e. The van der Waals surface area contributed by atoms with Gasteiger partial charge in [-0.2, -0.15) is 13.2 Å². The molecule has 8 heteroatoms. The van der Waals surface area contributed by atoms with Crippen molar-refractivity contribution in [3.63, 3.8) is 0 Å². The molecule has 2 heterocycles. The van der Waals surface area contributed by atoms with Gasteiger partial charge in [-0.15, -0.1) is 10.2 Å². The highest BCUT2D eigenvalue weighted by Gasteiger charge is 2.34. The maximum Gasteiger partial charge on any atom is 0.421 e. The minimum atomic E-state index is -4.70. The molecule has 3 aromatic rings. The van der Waals surface area contributed by atoms with Gasteiger partial charge in [0.05, 0.1) is 0 Å². The Bertz CT molecular complexity index is 869. The van der Waals surface area contributed by atoms with E-state index in [2.05, 4.69) is 10.2 Å². The van der Waals surface area contributed by atoms with E-state index in [0.717, 1.165) is 16.7 Å². The Morgan fingerprint density at radius 2 is 1.78 bits per heavy atom. The molecule has 0 N–H and O–H groups in total. The van der Waals surface area contributed by atoms with Crippen LogP contribution in [0.25, 0.3) is 11.5 Å². The lowest BCUT2D eigenvalue weighted by molar-refractivity contribution is -0.138. The summed E-state index contributed by atoms with van der Waals surface area (Å²) in [6.45, 7) is -0.234. The predicted molar refractivity (Wildman–Crippen MR) is 74.5 cm³/mol. The monoisotopic (exact) mass is 321 g/mol. The van der Waals surface area contributed by atoms with Crippen LogP contribution in [0.2, 0.25) is 0 Å². The zero-order chi connectivity index (χ0) is 16.4. The Morgan fingerprint density at radius 1 is 1.04 bits per heavy atom. The fourth-order valence-electron chi connectivity index (χ4n) is 2.04. The fourth-order valence-corrected chi connectivity index (χ4v) is 2.04. The third-order valence-corrected chi connectivity index (χ3v) is 3.12. The maximum atomic E-state index is 12.7.